The summed E-state index contributed by atoms with van der Waals surface area (Å²) in [6.45, 7) is 0. The summed E-state index contributed by atoms with van der Waals surface area (Å²) in [5.41, 5.74) is 1.02. The molecular formula is C17H11FN4OS. The van der Waals surface area contributed by atoms with Crippen molar-refractivity contribution in [3.63, 3.8) is 0 Å². The van der Waals surface area contributed by atoms with Crippen LogP contribution in [0, 0.1) is 23.1 Å². The number of hydrogen-bond donors (Lipinski definition) is 1. The maximum absolute atomic E-state index is 14.2. The number of nitrogens with one attached hydrogen (secondary N) is 1. The van der Waals surface area contributed by atoms with Gasteiger partial charge in [-0.1, -0.05) is 6.07 Å². The molecular weight excluding hydrogens is 327 g/mol. The lowest BCUT2D eigenvalue weighted by molar-refractivity contribution is -0.117. The maximum atomic E-state index is 14.2. The smallest absolute Gasteiger partial charge is 0.228 e. The lowest BCUT2D eigenvalue weighted by atomic mass is 10.1. The summed E-state index contributed by atoms with van der Waals surface area (Å²) in [7, 11) is 0. The Balaban J connectivity index is 1.82. The fraction of sp³-hybridized carbons (Fsp3) is 0.176. The average molecular weight is 338 g/mol. The molecule has 2 heterocycles. The third-order valence-corrected chi connectivity index (χ3v) is 4.94. The fourth-order valence-corrected chi connectivity index (χ4v) is 3.52. The number of nitriles is 1. The number of hydrogen-bond acceptors (Lipinski definition) is 5. The Morgan fingerprint density at radius 2 is 2.21 bits per heavy atom. The second kappa shape index (κ2) is 5.65. The highest BCUT2D eigenvalue weighted by atomic mass is 32.1. The molecule has 0 atom stereocenters. The van der Waals surface area contributed by atoms with Gasteiger partial charge < -0.3 is 5.32 Å². The summed E-state index contributed by atoms with van der Waals surface area (Å²) in [4.78, 5) is 20.6. The normalized spacial score (nSPS) is 13.7. The number of benzene rings is 1. The number of carbonyl (C=O) groups is 1. The number of nitrogens with zero attached hydrogens (tertiary/aromatic N) is 3. The summed E-state index contributed by atoms with van der Waals surface area (Å²) in [6.07, 6.45) is 3.36. The summed E-state index contributed by atoms with van der Waals surface area (Å²) in [5.74, 6) is -0.0487. The van der Waals surface area contributed by atoms with E-state index in [0.717, 1.165) is 12.8 Å². The number of rotatable bonds is 3. The molecule has 0 aliphatic heterocycles. The van der Waals surface area contributed by atoms with Gasteiger partial charge in [0, 0.05) is 12.1 Å². The summed E-state index contributed by atoms with van der Waals surface area (Å²) in [5, 5.41) is 12.4. The maximum Gasteiger partial charge on any atom is 0.228 e. The van der Waals surface area contributed by atoms with Crippen molar-refractivity contribution in [1.82, 2.24) is 9.97 Å². The lowest BCUT2D eigenvalue weighted by Crippen LogP contribution is -2.14. The number of anilines is 1. The summed E-state index contributed by atoms with van der Waals surface area (Å²) >= 11 is 1.22. The van der Waals surface area contributed by atoms with Crippen LogP contribution in [0.3, 0.4) is 0 Å². The molecule has 7 heteroatoms. The number of amides is 1. The standard InChI is InChI=1S/C17H11FN4OS/c18-11-3-1-2-10(8-19)13(11)17-21-12-6-7-20-15(14(12)24-17)22-16(23)9-4-5-9/h1-3,6-7,9H,4-5H2,(H,20,22,23). The topological polar surface area (TPSA) is 78.7 Å². The third kappa shape index (κ3) is 2.51. The van der Waals surface area contributed by atoms with E-state index in [2.05, 4.69) is 15.3 Å². The van der Waals surface area contributed by atoms with Gasteiger partial charge in [0.1, 0.15) is 10.8 Å². The van der Waals surface area contributed by atoms with Crippen molar-refractivity contribution in [3.05, 3.63) is 41.8 Å². The van der Waals surface area contributed by atoms with Gasteiger partial charge in [-0.2, -0.15) is 5.26 Å². The van der Waals surface area contributed by atoms with Crippen LogP contribution in [0.2, 0.25) is 0 Å². The number of fused-ring (bicyclic) bond motifs is 1. The minimum absolute atomic E-state index is 0.0476. The molecule has 1 saturated carbocycles. The number of halogens is 1. The predicted molar refractivity (Wildman–Crippen MR) is 88.9 cm³/mol. The second-order valence-corrected chi connectivity index (χ2v) is 6.56. The molecule has 0 saturated heterocycles. The van der Waals surface area contributed by atoms with Crippen molar-refractivity contribution in [2.24, 2.45) is 5.92 Å². The minimum Gasteiger partial charge on any atom is -0.309 e. The molecule has 4 rings (SSSR count). The molecule has 5 nitrogen and oxygen atoms in total. The quantitative estimate of drug-likeness (QED) is 0.789. The number of carbonyl (C=O) groups excluding carboxylic acids is 1. The fourth-order valence-electron chi connectivity index (χ4n) is 2.45. The molecule has 0 radical (unpaired) electrons. The van der Waals surface area contributed by atoms with E-state index in [1.807, 2.05) is 6.07 Å². The summed E-state index contributed by atoms with van der Waals surface area (Å²) < 4.78 is 14.9. The highest BCUT2D eigenvalue weighted by Gasteiger charge is 2.30. The van der Waals surface area contributed by atoms with Gasteiger partial charge in [-0.15, -0.1) is 11.3 Å². The van der Waals surface area contributed by atoms with Crippen molar-refractivity contribution in [3.8, 4) is 16.6 Å². The van der Waals surface area contributed by atoms with Crippen molar-refractivity contribution < 1.29 is 9.18 Å². The molecule has 1 N–H and O–H groups in total. The molecule has 0 spiro atoms. The lowest BCUT2D eigenvalue weighted by Gasteiger charge is -2.03. The first-order valence-corrected chi connectivity index (χ1v) is 8.24. The first kappa shape index (κ1) is 14.7. The zero-order chi connectivity index (χ0) is 16.7. The van der Waals surface area contributed by atoms with E-state index in [1.165, 1.54) is 23.5 Å². The van der Waals surface area contributed by atoms with Gasteiger partial charge in [0.05, 0.1) is 27.4 Å². The molecule has 1 aromatic carbocycles. The van der Waals surface area contributed by atoms with Crippen LogP contribution in [0.25, 0.3) is 20.8 Å². The SMILES string of the molecule is N#Cc1cccc(F)c1-c1nc2ccnc(NC(=O)C3CC3)c2s1. The molecule has 1 fully saturated rings. The first-order chi connectivity index (χ1) is 11.7. The van der Waals surface area contributed by atoms with Gasteiger partial charge in [0.15, 0.2) is 5.82 Å². The Morgan fingerprint density at radius 3 is 2.96 bits per heavy atom. The van der Waals surface area contributed by atoms with Gasteiger partial charge in [0.25, 0.3) is 0 Å². The minimum atomic E-state index is -0.496. The molecule has 1 amide bonds. The Kier molecular flexibility index (Phi) is 3.47. The van der Waals surface area contributed by atoms with Crippen LogP contribution in [-0.4, -0.2) is 15.9 Å². The predicted octanol–water partition coefficient (Wildman–Crippen LogP) is 3.72. The second-order valence-electron chi connectivity index (χ2n) is 5.56. The molecule has 118 valence electrons. The van der Waals surface area contributed by atoms with E-state index >= 15 is 0 Å². The zero-order valence-electron chi connectivity index (χ0n) is 12.4. The average Bonchev–Trinajstić information content (AvgIpc) is 3.34. The van der Waals surface area contributed by atoms with Gasteiger partial charge in [0.2, 0.25) is 5.91 Å². The van der Waals surface area contributed by atoms with Crippen LogP contribution >= 0.6 is 11.3 Å². The van der Waals surface area contributed by atoms with Crippen molar-refractivity contribution >= 4 is 33.3 Å². The van der Waals surface area contributed by atoms with Gasteiger partial charge in [-0.25, -0.2) is 14.4 Å². The Hall–Kier alpha value is -2.85. The van der Waals surface area contributed by atoms with E-state index in [0.29, 0.717) is 21.0 Å². The number of thiazole rings is 1. The highest BCUT2D eigenvalue weighted by Crippen LogP contribution is 2.37. The molecule has 24 heavy (non-hydrogen) atoms. The Morgan fingerprint density at radius 1 is 1.38 bits per heavy atom. The number of pyridine rings is 1. The monoisotopic (exact) mass is 338 g/mol. The van der Waals surface area contributed by atoms with Crippen molar-refractivity contribution in [2.45, 2.75) is 12.8 Å². The van der Waals surface area contributed by atoms with Gasteiger partial charge in [-0.3, -0.25) is 4.79 Å². The highest BCUT2D eigenvalue weighted by molar-refractivity contribution is 7.22. The number of aromatic nitrogens is 2. The Bertz CT molecular complexity index is 1000. The molecule has 0 bridgehead atoms. The van der Waals surface area contributed by atoms with E-state index in [9.17, 15) is 14.4 Å². The van der Waals surface area contributed by atoms with Crippen LogP contribution < -0.4 is 5.32 Å². The van der Waals surface area contributed by atoms with E-state index in [-0.39, 0.29) is 23.0 Å². The third-order valence-electron chi connectivity index (χ3n) is 3.84. The van der Waals surface area contributed by atoms with Crippen LogP contribution in [-0.2, 0) is 4.79 Å². The molecule has 1 aliphatic rings. The van der Waals surface area contributed by atoms with E-state index in [4.69, 9.17) is 0 Å². The molecule has 1 aliphatic carbocycles. The first-order valence-electron chi connectivity index (χ1n) is 7.43. The van der Waals surface area contributed by atoms with Crippen LogP contribution in [0.15, 0.2) is 30.5 Å². The van der Waals surface area contributed by atoms with Crippen LogP contribution in [0.1, 0.15) is 18.4 Å². The van der Waals surface area contributed by atoms with Crippen molar-refractivity contribution in [2.75, 3.05) is 5.32 Å². The van der Waals surface area contributed by atoms with Crippen LogP contribution in [0.4, 0.5) is 10.2 Å². The summed E-state index contributed by atoms with van der Waals surface area (Å²) in [6, 6.07) is 8.04. The zero-order valence-corrected chi connectivity index (χ0v) is 13.2. The molecule has 2 aromatic heterocycles. The van der Waals surface area contributed by atoms with Gasteiger partial charge >= 0.3 is 0 Å². The van der Waals surface area contributed by atoms with Gasteiger partial charge in [-0.05, 0) is 31.0 Å². The van der Waals surface area contributed by atoms with E-state index < -0.39 is 5.82 Å². The van der Waals surface area contributed by atoms with Crippen molar-refractivity contribution in [1.29, 1.82) is 5.26 Å². The largest absolute Gasteiger partial charge is 0.309 e. The molecule has 0 unspecified atom stereocenters. The Labute approximate surface area is 140 Å². The van der Waals surface area contributed by atoms with E-state index in [1.54, 1.807) is 18.3 Å². The molecule has 3 aromatic rings. The van der Waals surface area contributed by atoms with Crippen LogP contribution in [0.5, 0.6) is 0 Å².